The lowest BCUT2D eigenvalue weighted by atomic mass is 10.1. The zero-order valence-corrected chi connectivity index (χ0v) is 9.54. The molecule has 2 heterocycles. The monoisotopic (exact) mass is 229 g/mol. The van der Waals surface area contributed by atoms with Gasteiger partial charge >= 0.3 is 0 Å². The number of nitrogens with two attached hydrogens (primary N) is 1. The highest BCUT2D eigenvalue weighted by atomic mass is 16.5. The summed E-state index contributed by atoms with van der Waals surface area (Å²) in [6.45, 7) is 2.12. The van der Waals surface area contributed by atoms with Crippen LogP contribution in [0.1, 0.15) is 11.6 Å². The van der Waals surface area contributed by atoms with Crippen molar-refractivity contribution in [3.8, 4) is 11.1 Å². The van der Waals surface area contributed by atoms with Crippen LogP contribution >= 0.6 is 0 Å². The molecule has 17 heavy (non-hydrogen) atoms. The molecule has 4 nitrogen and oxygen atoms in total. The van der Waals surface area contributed by atoms with E-state index in [-0.39, 0.29) is 0 Å². The number of aromatic nitrogens is 2. The Morgan fingerprint density at radius 3 is 2.59 bits per heavy atom. The van der Waals surface area contributed by atoms with Gasteiger partial charge in [-0.2, -0.15) is 5.10 Å². The molecule has 0 saturated carbocycles. The maximum absolute atomic E-state index is 5.58. The normalized spacial score (nSPS) is 15.8. The van der Waals surface area contributed by atoms with Crippen LogP contribution in [0.2, 0.25) is 0 Å². The molecular formula is C13H15N3O. The topological polar surface area (TPSA) is 53.1 Å². The Morgan fingerprint density at radius 2 is 2.00 bits per heavy atom. The number of rotatable bonds is 3. The molecule has 0 bridgehead atoms. The Bertz CT molecular complexity index is 500. The minimum absolute atomic E-state index is 0.409. The summed E-state index contributed by atoms with van der Waals surface area (Å²) in [5, 5.41) is 4.37. The van der Waals surface area contributed by atoms with Gasteiger partial charge in [-0.25, -0.2) is 0 Å². The van der Waals surface area contributed by atoms with E-state index < -0.39 is 0 Å². The van der Waals surface area contributed by atoms with Gasteiger partial charge in [0.25, 0.3) is 0 Å². The second kappa shape index (κ2) is 4.31. The zero-order chi connectivity index (χ0) is 11.7. The molecule has 0 unspecified atom stereocenters. The summed E-state index contributed by atoms with van der Waals surface area (Å²) in [7, 11) is 0. The number of hydrogen-bond acceptors (Lipinski definition) is 3. The lowest BCUT2D eigenvalue weighted by Crippen LogP contribution is -2.30. The second-order valence-corrected chi connectivity index (χ2v) is 4.30. The van der Waals surface area contributed by atoms with Crippen molar-refractivity contribution in [2.45, 2.75) is 12.6 Å². The summed E-state index contributed by atoms with van der Waals surface area (Å²) < 4.78 is 7.14. The smallest absolute Gasteiger partial charge is 0.0985 e. The van der Waals surface area contributed by atoms with Gasteiger partial charge in [-0.1, -0.05) is 24.3 Å². The zero-order valence-electron chi connectivity index (χ0n) is 9.54. The summed E-state index contributed by atoms with van der Waals surface area (Å²) in [5.74, 6) is 0. The Morgan fingerprint density at radius 1 is 1.24 bits per heavy atom. The minimum atomic E-state index is 0.409. The Balaban J connectivity index is 1.84. The van der Waals surface area contributed by atoms with Crippen LogP contribution in [0.5, 0.6) is 0 Å². The van der Waals surface area contributed by atoms with E-state index in [2.05, 4.69) is 35.6 Å². The third kappa shape index (κ3) is 1.97. The first-order valence-corrected chi connectivity index (χ1v) is 5.78. The molecule has 2 aromatic rings. The fourth-order valence-electron chi connectivity index (χ4n) is 1.90. The van der Waals surface area contributed by atoms with E-state index in [1.165, 1.54) is 5.56 Å². The van der Waals surface area contributed by atoms with Gasteiger partial charge in [0.2, 0.25) is 0 Å². The quantitative estimate of drug-likeness (QED) is 0.869. The number of nitrogens with zero attached hydrogens (tertiary/aromatic N) is 2. The van der Waals surface area contributed by atoms with Crippen LogP contribution < -0.4 is 5.73 Å². The Hall–Kier alpha value is -1.65. The first kappa shape index (κ1) is 10.5. The molecule has 1 fully saturated rings. The van der Waals surface area contributed by atoms with Crippen molar-refractivity contribution in [3.05, 3.63) is 42.2 Å². The fourth-order valence-corrected chi connectivity index (χ4v) is 1.90. The highest BCUT2D eigenvalue weighted by Gasteiger charge is 2.21. The highest BCUT2D eigenvalue weighted by molar-refractivity contribution is 5.61. The van der Waals surface area contributed by atoms with Crippen LogP contribution in [0.15, 0.2) is 36.7 Å². The number of ether oxygens (including phenoxy) is 1. The molecule has 88 valence electrons. The van der Waals surface area contributed by atoms with Crippen molar-refractivity contribution in [2.75, 3.05) is 13.2 Å². The van der Waals surface area contributed by atoms with E-state index in [1.54, 1.807) is 0 Å². The summed E-state index contributed by atoms with van der Waals surface area (Å²) >= 11 is 0. The maximum atomic E-state index is 5.58. The molecule has 0 amide bonds. The van der Waals surface area contributed by atoms with Crippen molar-refractivity contribution >= 4 is 0 Å². The molecule has 1 aliphatic heterocycles. The van der Waals surface area contributed by atoms with Gasteiger partial charge in [-0.15, -0.1) is 0 Å². The number of benzene rings is 1. The van der Waals surface area contributed by atoms with E-state index in [9.17, 15) is 0 Å². The van der Waals surface area contributed by atoms with Crippen molar-refractivity contribution in [2.24, 2.45) is 5.73 Å². The molecule has 1 aromatic carbocycles. The van der Waals surface area contributed by atoms with Gasteiger partial charge in [0.05, 0.1) is 25.5 Å². The van der Waals surface area contributed by atoms with Crippen molar-refractivity contribution in [3.63, 3.8) is 0 Å². The fraction of sp³-hybridized carbons (Fsp3) is 0.308. The molecule has 1 saturated heterocycles. The molecule has 3 rings (SSSR count). The van der Waals surface area contributed by atoms with Gasteiger partial charge < -0.3 is 10.5 Å². The first-order chi connectivity index (χ1) is 8.36. The lowest BCUT2D eigenvalue weighted by Gasteiger charge is -2.25. The molecule has 1 aromatic heterocycles. The van der Waals surface area contributed by atoms with Gasteiger partial charge in [0.1, 0.15) is 0 Å². The molecule has 2 N–H and O–H groups in total. The van der Waals surface area contributed by atoms with E-state index in [0.717, 1.165) is 24.3 Å². The molecule has 0 spiro atoms. The third-order valence-corrected chi connectivity index (χ3v) is 3.12. The lowest BCUT2D eigenvalue weighted by molar-refractivity contribution is -0.0286. The van der Waals surface area contributed by atoms with Crippen LogP contribution in [0.4, 0.5) is 0 Å². The average molecular weight is 229 g/mol. The van der Waals surface area contributed by atoms with Crippen molar-refractivity contribution < 1.29 is 4.74 Å². The van der Waals surface area contributed by atoms with E-state index >= 15 is 0 Å². The summed E-state index contributed by atoms with van der Waals surface area (Å²) in [6.07, 6.45) is 3.97. The van der Waals surface area contributed by atoms with Gasteiger partial charge in [0.15, 0.2) is 0 Å². The van der Waals surface area contributed by atoms with Gasteiger partial charge in [-0.05, 0) is 11.1 Å². The van der Waals surface area contributed by atoms with Crippen LogP contribution in [-0.4, -0.2) is 23.0 Å². The van der Waals surface area contributed by atoms with Crippen LogP contribution in [-0.2, 0) is 11.3 Å². The van der Waals surface area contributed by atoms with E-state index in [0.29, 0.717) is 12.6 Å². The first-order valence-electron chi connectivity index (χ1n) is 5.78. The predicted molar refractivity (Wildman–Crippen MR) is 65.4 cm³/mol. The highest BCUT2D eigenvalue weighted by Crippen LogP contribution is 2.22. The summed E-state index contributed by atoms with van der Waals surface area (Å²) in [4.78, 5) is 0. The average Bonchev–Trinajstić information content (AvgIpc) is 2.76. The predicted octanol–water partition coefficient (Wildman–Crippen LogP) is 1.58. The SMILES string of the molecule is NCc1ccc(-c2cnn(C3COC3)c2)cc1. The van der Waals surface area contributed by atoms with Crippen molar-refractivity contribution in [1.82, 2.24) is 9.78 Å². The molecule has 4 heteroatoms. The second-order valence-electron chi connectivity index (χ2n) is 4.30. The maximum Gasteiger partial charge on any atom is 0.0985 e. The molecular weight excluding hydrogens is 214 g/mol. The minimum Gasteiger partial charge on any atom is -0.377 e. The van der Waals surface area contributed by atoms with Crippen LogP contribution in [0.3, 0.4) is 0 Å². The van der Waals surface area contributed by atoms with E-state index in [4.69, 9.17) is 10.5 Å². The molecule has 0 radical (unpaired) electrons. The summed E-state index contributed by atoms with van der Waals surface area (Å²) in [5.41, 5.74) is 9.04. The van der Waals surface area contributed by atoms with Gasteiger partial charge in [0, 0.05) is 18.3 Å². The summed E-state index contributed by atoms with van der Waals surface area (Å²) in [6, 6.07) is 8.69. The number of hydrogen-bond donors (Lipinski definition) is 1. The molecule has 1 aliphatic rings. The Labute approximate surface area is 100 Å². The standard InChI is InChI=1S/C13H15N3O/c14-5-10-1-3-11(4-2-10)12-6-15-16(7-12)13-8-17-9-13/h1-4,6-7,13H,5,8-9,14H2. The molecule has 0 aliphatic carbocycles. The van der Waals surface area contributed by atoms with Crippen LogP contribution in [0.25, 0.3) is 11.1 Å². The third-order valence-electron chi connectivity index (χ3n) is 3.12. The van der Waals surface area contributed by atoms with E-state index in [1.807, 2.05) is 10.9 Å². The van der Waals surface area contributed by atoms with Crippen LogP contribution in [0, 0.1) is 0 Å². The molecule has 0 atom stereocenters. The Kier molecular flexibility index (Phi) is 2.66. The van der Waals surface area contributed by atoms with Crippen molar-refractivity contribution in [1.29, 1.82) is 0 Å². The van der Waals surface area contributed by atoms with Gasteiger partial charge in [-0.3, -0.25) is 4.68 Å². The largest absolute Gasteiger partial charge is 0.377 e.